The summed E-state index contributed by atoms with van der Waals surface area (Å²) >= 11 is 0. The minimum Gasteiger partial charge on any atom is -0.357 e. The Morgan fingerprint density at radius 2 is 1.84 bits per heavy atom. The smallest absolute Gasteiger partial charge is 0.191 e. The number of hydrogen-bond acceptors (Lipinski definition) is 2. The molecule has 1 aliphatic carbocycles. The van der Waals surface area contributed by atoms with Gasteiger partial charge < -0.3 is 10.6 Å². The molecule has 0 heterocycles. The van der Waals surface area contributed by atoms with Crippen LogP contribution in [-0.4, -0.2) is 40.3 Å². The molecular weight excluding hydrogens is 445 g/mol. The van der Waals surface area contributed by atoms with Gasteiger partial charge in [0.2, 0.25) is 0 Å². The quantitative estimate of drug-likeness (QED) is 0.360. The molecule has 0 amide bonds. The van der Waals surface area contributed by atoms with E-state index < -0.39 is 10.8 Å². The maximum Gasteiger partial charge on any atom is 0.191 e. The van der Waals surface area contributed by atoms with Crippen molar-refractivity contribution in [2.24, 2.45) is 4.99 Å². The van der Waals surface area contributed by atoms with Gasteiger partial charge in [-0.05, 0) is 46.1 Å². The fraction of sp³-hybridized carbons (Fsp3) is 0.632. The highest BCUT2D eigenvalue weighted by Gasteiger charge is 2.43. The molecule has 1 unspecified atom stereocenters. The Hall–Kier alpha value is -0.630. The van der Waals surface area contributed by atoms with Gasteiger partial charge in [-0.25, -0.2) is 0 Å². The van der Waals surface area contributed by atoms with E-state index in [9.17, 15) is 4.21 Å². The van der Waals surface area contributed by atoms with Gasteiger partial charge in [-0.15, -0.1) is 24.0 Å². The molecule has 1 atom stereocenters. The first-order valence-corrected chi connectivity index (χ1v) is 10.2. The highest BCUT2D eigenvalue weighted by molar-refractivity contribution is 14.0. The first-order valence-electron chi connectivity index (χ1n) is 8.83. The first kappa shape index (κ1) is 22.4. The summed E-state index contributed by atoms with van der Waals surface area (Å²) in [6.45, 7) is 10.4. The number of guanidine groups is 1. The van der Waals surface area contributed by atoms with E-state index in [1.54, 1.807) is 0 Å². The van der Waals surface area contributed by atoms with Crippen molar-refractivity contribution in [3.8, 4) is 0 Å². The van der Waals surface area contributed by atoms with Gasteiger partial charge >= 0.3 is 0 Å². The van der Waals surface area contributed by atoms with Crippen molar-refractivity contribution >= 4 is 40.7 Å². The lowest BCUT2D eigenvalue weighted by atomic mass is 9.96. The molecule has 1 aliphatic rings. The molecule has 0 radical (unpaired) electrons. The van der Waals surface area contributed by atoms with Crippen LogP contribution < -0.4 is 10.6 Å². The monoisotopic (exact) mass is 477 g/mol. The predicted molar refractivity (Wildman–Crippen MR) is 120 cm³/mol. The lowest BCUT2D eigenvalue weighted by molar-refractivity contribution is 0.646. The van der Waals surface area contributed by atoms with Gasteiger partial charge in [-0.1, -0.05) is 30.3 Å². The molecular formula is C19H32IN3OS. The van der Waals surface area contributed by atoms with Crippen molar-refractivity contribution in [1.29, 1.82) is 0 Å². The zero-order valence-corrected chi connectivity index (χ0v) is 18.9. The number of nitrogens with one attached hydrogen (secondary N) is 2. The Morgan fingerprint density at radius 3 is 2.36 bits per heavy atom. The number of nitrogens with zero attached hydrogens (tertiary/aromatic N) is 1. The lowest BCUT2D eigenvalue weighted by Gasteiger charge is -2.19. The summed E-state index contributed by atoms with van der Waals surface area (Å²) in [5.41, 5.74) is 1.61. The third-order valence-electron chi connectivity index (χ3n) is 4.39. The Bertz CT molecular complexity index is 580. The van der Waals surface area contributed by atoms with Crippen LogP contribution in [0.1, 0.15) is 46.1 Å². The van der Waals surface area contributed by atoms with E-state index in [0.29, 0.717) is 12.3 Å². The molecule has 0 saturated heterocycles. The number of halogens is 1. The van der Waals surface area contributed by atoms with E-state index in [1.807, 2.05) is 20.8 Å². The van der Waals surface area contributed by atoms with Crippen LogP contribution in [0.3, 0.4) is 0 Å². The Labute approximate surface area is 172 Å². The molecule has 1 saturated carbocycles. The average molecular weight is 477 g/mol. The third-order valence-corrected chi connectivity index (χ3v) is 6.33. The SMILES string of the molecule is CCNC(=NCC1(c2ccccc2)CC1)NCCS(=O)C(C)(C)C.I. The summed E-state index contributed by atoms with van der Waals surface area (Å²) < 4.78 is 12.0. The van der Waals surface area contributed by atoms with Crippen molar-refractivity contribution in [3.63, 3.8) is 0 Å². The topological polar surface area (TPSA) is 53.5 Å². The standard InChI is InChI=1S/C19H31N3OS.HI/c1-5-20-17(21-13-14-24(23)18(2,3)4)22-15-19(11-12-19)16-9-7-6-8-10-16;/h6-10H,5,11-15H2,1-4H3,(H2,20,21,22);1H. The van der Waals surface area contributed by atoms with E-state index in [2.05, 4.69) is 47.9 Å². The first-order chi connectivity index (χ1) is 11.4. The van der Waals surface area contributed by atoms with Crippen LogP contribution in [-0.2, 0) is 16.2 Å². The molecule has 1 fully saturated rings. The second kappa shape index (κ2) is 9.90. The molecule has 1 aromatic rings. The largest absolute Gasteiger partial charge is 0.357 e. The van der Waals surface area contributed by atoms with Gasteiger partial charge in [-0.2, -0.15) is 0 Å². The van der Waals surface area contributed by atoms with Gasteiger partial charge in [0.15, 0.2) is 5.96 Å². The highest BCUT2D eigenvalue weighted by atomic mass is 127. The van der Waals surface area contributed by atoms with Gasteiger partial charge in [0.1, 0.15) is 0 Å². The predicted octanol–water partition coefficient (Wildman–Crippen LogP) is 3.44. The summed E-state index contributed by atoms with van der Waals surface area (Å²) in [7, 11) is -0.841. The van der Waals surface area contributed by atoms with E-state index in [4.69, 9.17) is 4.99 Å². The molecule has 2 rings (SSSR count). The zero-order valence-electron chi connectivity index (χ0n) is 15.8. The molecule has 2 N–H and O–H groups in total. The lowest BCUT2D eigenvalue weighted by Crippen LogP contribution is -2.40. The van der Waals surface area contributed by atoms with Crippen LogP contribution in [0.4, 0.5) is 0 Å². The number of rotatable bonds is 7. The van der Waals surface area contributed by atoms with Crippen LogP contribution in [0.15, 0.2) is 35.3 Å². The average Bonchev–Trinajstić information content (AvgIpc) is 3.33. The fourth-order valence-electron chi connectivity index (χ4n) is 2.62. The summed E-state index contributed by atoms with van der Waals surface area (Å²) in [6.07, 6.45) is 2.40. The fourth-order valence-corrected chi connectivity index (χ4v) is 3.52. The van der Waals surface area contributed by atoms with Crippen LogP contribution >= 0.6 is 24.0 Å². The van der Waals surface area contributed by atoms with Crippen molar-refractivity contribution < 1.29 is 4.21 Å². The van der Waals surface area contributed by atoms with Crippen LogP contribution in [0, 0.1) is 0 Å². The van der Waals surface area contributed by atoms with E-state index in [-0.39, 0.29) is 34.1 Å². The summed E-state index contributed by atoms with van der Waals surface area (Å²) in [6, 6.07) is 10.7. The molecule has 0 aliphatic heterocycles. The maximum atomic E-state index is 12.1. The highest BCUT2D eigenvalue weighted by Crippen LogP contribution is 2.48. The summed E-state index contributed by atoms with van der Waals surface area (Å²) in [5.74, 6) is 1.46. The number of benzene rings is 1. The van der Waals surface area contributed by atoms with Crippen LogP contribution in [0.5, 0.6) is 0 Å². The van der Waals surface area contributed by atoms with E-state index >= 15 is 0 Å². The molecule has 0 aromatic heterocycles. The minimum absolute atomic E-state index is 0. The maximum absolute atomic E-state index is 12.1. The van der Waals surface area contributed by atoms with Crippen LogP contribution in [0.25, 0.3) is 0 Å². The van der Waals surface area contributed by atoms with Gasteiger partial charge in [0.25, 0.3) is 0 Å². The third kappa shape index (κ3) is 6.89. The molecule has 1 aromatic carbocycles. The Balaban J connectivity index is 0.00000312. The van der Waals surface area contributed by atoms with Gasteiger partial charge in [0.05, 0.1) is 6.54 Å². The van der Waals surface area contributed by atoms with E-state index in [1.165, 1.54) is 18.4 Å². The molecule has 0 bridgehead atoms. The number of hydrogen-bond donors (Lipinski definition) is 2. The van der Waals surface area contributed by atoms with Crippen molar-refractivity contribution in [2.45, 2.75) is 50.7 Å². The van der Waals surface area contributed by atoms with Crippen molar-refractivity contribution in [3.05, 3.63) is 35.9 Å². The van der Waals surface area contributed by atoms with Crippen LogP contribution in [0.2, 0.25) is 0 Å². The molecule has 4 nitrogen and oxygen atoms in total. The van der Waals surface area contributed by atoms with Crippen molar-refractivity contribution in [2.75, 3.05) is 25.4 Å². The normalized spacial score (nSPS) is 17.4. The Kier molecular flexibility index (Phi) is 8.87. The summed E-state index contributed by atoms with van der Waals surface area (Å²) in [4.78, 5) is 4.78. The second-order valence-electron chi connectivity index (χ2n) is 7.43. The Morgan fingerprint density at radius 1 is 1.20 bits per heavy atom. The zero-order chi connectivity index (χ0) is 17.6. The molecule has 25 heavy (non-hydrogen) atoms. The van der Waals surface area contributed by atoms with Crippen molar-refractivity contribution in [1.82, 2.24) is 10.6 Å². The summed E-state index contributed by atoms with van der Waals surface area (Å²) in [5, 5.41) is 6.61. The minimum atomic E-state index is -0.841. The van der Waals surface area contributed by atoms with Gasteiger partial charge in [-0.3, -0.25) is 9.20 Å². The molecule has 142 valence electrons. The number of aliphatic imine (C=N–C) groups is 1. The van der Waals surface area contributed by atoms with Gasteiger partial charge in [0, 0.05) is 39.8 Å². The molecule has 0 spiro atoms. The molecule has 6 heteroatoms. The second-order valence-corrected chi connectivity index (χ2v) is 9.75. The van der Waals surface area contributed by atoms with E-state index in [0.717, 1.165) is 19.0 Å².